The van der Waals surface area contributed by atoms with E-state index in [-0.39, 0.29) is 6.23 Å². The molecule has 4 heteroatoms. The Hall–Kier alpha value is -2.49. The number of H-pyrrole nitrogens is 1. The first-order valence-corrected chi connectivity index (χ1v) is 6.82. The third kappa shape index (κ3) is 1.51. The van der Waals surface area contributed by atoms with Gasteiger partial charge in [0.1, 0.15) is 0 Å². The number of para-hydroxylation sites is 2. The Kier molecular flexibility index (Phi) is 2.42. The largest absolute Gasteiger partial charge is 0.453 e. The maximum atomic E-state index is 5.66. The van der Waals surface area contributed by atoms with Gasteiger partial charge in [0.15, 0.2) is 6.40 Å². The monoisotopic (exact) mass is 265 g/mol. The maximum Gasteiger partial charge on any atom is 0.216 e. The second-order valence-corrected chi connectivity index (χ2v) is 4.91. The minimum absolute atomic E-state index is 0.142. The lowest BCUT2D eigenvalue weighted by atomic mass is 10.1. The number of hydrogen-bond donors (Lipinski definition) is 1. The fourth-order valence-corrected chi connectivity index (χ4v) is 2.86. The number of ether oxygens (including phenoxy) is 1. The molecular weight excluding hydrogens is 250 g/mol. The number of rotatable bonds is 2. The van der Waals surface area contributed by atoms with E-state index >= 15 is 0 Å². The molecule has 2 heterocycles. The van der Waals surface area contributed by atoms with E-state index in [1.807, 2.05) is 11.1 Å². The maximum absolute atomic E-state index is 5.66. The summed E-state index contributed by atoms with van der Waals surface area (Å²) >= 11 is 0. The van der Waals surface area contributed by atoms with Crippen LogP contribution in [0.25, 0.3) is 21.8 Å². The highest BCUT2D eigenvalue weighted by Crippen LogP contribution is 2.34. The fraction of sp³-hybridized carbons (Fsp3) is 0.188. The van der Waals surface area contributed by atoms with E-state index in [2.05, 4.69) is 53.4 Å². The van der Waals surface area contributed by atoms with Gasteiger partial charge in [-0.25, -0.2) is 0 Å². The molecule has 1 aromatic heterocycles. The van der Waals surface area contributed by atoms with E-state index in [1.54, 1.807) is 0 Å². The summed E-state index contributed by atoms with van der Waals surface area (Å²) in [5.41, 5.74) is 3.40. The molecule has 1 N–H and O–H groups in total. The summed E-state index contributed by atoms with van der Waals surface area (Å²) in [6, 6.07) is 14.7. The Labute approximate surface area is 116 Å². The van der Waals surface area contributed by atoms with Crippen molar-refractivity contribution >= 4 is 28.2 Å². The van der Waals surface area contributed by atoms with Crippen LogP contribution in [0.5, 0.6) is 0 Å². The smallest absolute Gasteiger partial charge is 0.216 e. The molecule has 0 spiro atoms. The molecule has 3 aromatic rings. The zero-order chi connectivity index (χ0) is 13.5. The molecule has 20 heavy (non-hydrogen) atoms. The summed E-state index contributed by atoms with van der Waals surface area (Å²) < 4.78 is 5.66. The van der Waals surface area contributed by atoms with Crippen LogP contribution >= 0.6 is 0 Å². The van der Waals surface area contributed by atoms with Crippen LogP contribution in [0.15, 0.2) is 47.6 Å². The van der Waals surface area contributed by atoms with Crippen molar-refractivity contribution in [3.63, 3.8) is 0 Å². The quantitative estimate of drug-likeness (QED) is 0.769. The number of aromatic nitrogens is 1. The number of nitrogens with one attached hydrogen (secondary N) is 1. The molecule has 1 aliphatic rings. The molecule has 0 bridgehead atoms. The minimum atomic E-state index is -0.142. The summed E-state index contributed by atoms with van der Waals surface area (Å²) in [5, 5.41) is 8.66. The van der Waals surface area contributed by atoms with Crippen LogP contribution in [-0.2, 0) is 4.74 Å². The predicted molar refractivity (Wildman–Crippen MR) is 80.5 cm³/mol. The van der Waals surface area contributed by atoms with Gasteiger partial charge in [0.25, 0.3) is 0 Å². The SMILES string of the molecule is CCN1N=COC1c1cccc2c1[nH]c1ccccc12. The van der Waals surface area contributed by atoms with Crippen molar-refractivity contribution in [1.29, 1.82) is 0 Å². The van der Waals surface area contributed by atoms with Gasteiger partial charge in [0.2, 0.25) is 6.23 Å². The standard InChI is InChI=1S/C16H15N3O/c1-2-19-16(20-10-17-19)13-8-5-7-12-11-6-3-4-9-14(11)18-15(12)13/h3-10,16,18H,2H2,1H3. The van der Waals surface area contributed by atoms with Crippen molar-refractivity contribution in [1.82, 2.24) is 9.99 Å². The van der Waals surface area contributed by atoms with Gasteiger partial charge in [-0.05, 0) is 13.0 Å². The molecule has 1 atom stereocenters. The fourth-order valence-electron chi connectivity index (χ4n) is 2.86. The lowest BCUT2D eigenvalue weighted by Crippen LogP contribution is -2.20. The Balaban J connectivity index is 1.96. The van der Waals surface area contributed by atoms with Crippen molar-refractivity contribution < 1.29 is 4.74 Å². The molecule has 1 aliphatic heterocycles. The van der Waals surface area contributed by atoms with E-state index in [0.29, 0.717) is 0 Å². The van der Waals surface area contributed by atoms with Gasteiger partial charge in [-0.3, -0.25) is 5.01 Å². The van der Waals surface area contributed by atoms with E-state index in [9.17, 15) is 0 Å². The molecule has 0 aliphatic carbocycles. The average Bonchev–Trinajstić information content (AvgIpc) is 3.10. The number of hydrogen-bond acceptors (Lipinski definition) is 3. The number of hydrazone groups is 1. The van der Waals surface area contributed by atoms with E-state index < -0.39 is 0 Å². The highest BCUT2D eigenvalue weighted by molar-refractivity contribution is 6.08. The van der Waals surface area contributed by atoms with Crippen molar-refractivity contribution in [2.45, 2.75) is 13.2 Å². The highest BCUT2D eigenvalue weighted by atomic mass is 16.5. The number of aromatic amines is 1. The molecule has 0 amide bonds. The highest BCUT2D eigenvalue weighted by Gasteiger charge is 2.25. The van der Waals surface area contributed by atoms with Crippen LogP contribution in [0.4, 0.5) is 0 Å². The molecule has 1 unspecified atom stereocenters. The third-order valence-electron chi connectivity index (χ3n) is 3.82. The molecule has 0 fully saturated rings. The summed E-state index contributed by atoms with van der Waals surface area (Å²) in [6.07, 6.45) is 1.38. The molecule has 100 valence electrons. The van der Waals surface area contributed by atoms with Crippen molar-refractivity contribution in [2.24, 2.45) is 5.10 Å². The number of nitrogens with zero attached hydrogens (tertiary/aromatic N) is 2. The molecule has 4 rings (SSSR count). The van der Waals surface area contributed by atoms with Gasteiger partial charge in [0.05, 0.1) is 5.52 Å². The third-order valence-corrected chi connectivity index (χ3v) is 3.82. The van der Waals surface area contributed by atoms with E-state index in [0.717, 1.165) is 23.1 Å². The van der Waals surface area contributed by atoms with Gasteiger partial charge >= 0.3 is 0 Å². The van der Waals surface area contributed by atoms with E-state index in [1.165, 1.54) is 17.2 Å². The summed E-state index contributed by atoms with van der Waals surface area (Å²) in [7, 11) is 0. The predicted octanol–water partition coefficient (Wildman–Crippen LogP) is 3.62. The minimum Gasteiger partial charge on any atom is -0.453 e. The molecule has 4 nitrogen and oxygen atoms in total. The summed E-state index contributed by atoms with van der Waals surface area (Å²) in [4.78, 5) is 3.51. The van der Waals surface area contributed by atoms with Crippen LogP contribution in [0.2, 0.25) is 0 Å². The van der Waals surface area contributed by atoms with Crippen LogP contribution in [-0.4, -0.2) is 22.9 Å². The van der Waals surface area contributed by atoms with Gasteiger partial charge in [-0.15, -0.1) is 5.10 Å². The second-order valence-electron chi connectivity index (χ2n) is 4.91. The second kappa shape index (κ2) is 4.27. The Morgan fingerprint density at radius 1 is 1.15 bits per heavy atom. The lowest BCUT2D eigenvalue weighted by Gasteiger charge is -2.21. The van der Waals surface area contributed by atoms with Gasteiger partial charge in [-0.2, -0.15) is 0 Å². The molecular formula is C16H15N3O. The Bertz CT molecular complexity index is 806. The first kappa shape index (κ1) is 11.3. The Morgan fingerprint density at radius 2 is 2.00 bits per heavy atom. The normalized spacial score (nSPS) is 18.1. The van der Waals surface area contributed by atoms with Gasteiger partial charge in [0, 0.05) is 28.4 Å². The van der Waals surface area contributed by atoms with Gasteiger partial charge < -0.3 is 9.72 Å². The zero-order valence-electron chi connectivity index (χ0n) is 11.2. The van der Waals surface area contributed by atoms with Gasteiger partial charge in [-0.1, -0.05) is 36.4 Å². The average molecular weight is 265 g/mol. The van der Waals surface area contributed by atoms with Crippen LogP contribution in [0, 0.1) is 0 Å². The van der Waals surface area contributed by atoms with Crippen molar-refractivity contribution in [2.75, 3.05) is 6.54 Å². The zero-order valence-corrected chi connectivity index (χ0v) is 11.2. The lowest BCUT2D eigenvalue weighted by molar-refractivity contribution is 0.0648. The number of benzene rings is 2. The van der Waals surface area contributed by atoms with Crippen LogP contribution in [0.3, 0.4) is 0 Å². The Morgan fingerprint density at radius 3 is 2.90 bits per heavy atom. The number of fused-ring (bicyclic) bond motifs is 3. The van der Waals surface area contributed by atoms with Crippen molar-refractivity contribution in [3.8, 4) is 0 Å². The molecule has 2 aromatic carbocycles. The topological polar surface area (TPSA) is 40.6 Å². The molecule has 0 saturated heterocycles. The first-order valence-electron chi connectivity index (χ1n) is 6.82. The van der Waals surface area contributed by atoms with E-state index in [4.69, 9.17) is 4.74 Å². The van der Waals surface area contributed by atoms with Crippen molar-refractivity contribution in [3.05, 3.63) is 48.0 Å². The van der Waals surface area contributed by atoms with Crippen LogP contribution in [0.1, 0.15) is 18.7 Å². The first-order chi connectivity index (χ1) is 9.88. The summed E-state index contributed by atoms with van der Waals surface area (Å²) in [5.74, 6) is 0. The van der Waals surface area contributed by atoms with Crippen LogP contribution < -0.4 is 0 Å². The summed E-state index contributed by atoms with van der Waals surface area (Å²) in [6.45, 7) is 2.89. The molecule has 0 saturated carbocycles. The molecule has 0 radical (unpaired) electrons.